The van der Waals surface area contributed by atoms with Crippen LogP contribution < -0.4 is 11.1 Å². The number of nitrogen functional groups attached to an aromatic ring is 1. The molecule has 4 rings (SSSR count). The van der Waals surface area contributed by atoms with Gasteiger partial charge in [0, 0.05) is 18.3 Å². The number of hydrogen-bond donors (Lipinski definition) is 2. The number of nitrogens with one attached hydrogen (secondary N) is 1. The molecule has 0 saturated heterocycles. The van der Waals surface area contributed by atoms with E-state index in [2.05, 4.69) is 25.4 Å². The van der Waals surface area contributed by atoms with E-state index in [0.717, 1.165) is 12.1 Å². The number of carbonyl (C=O) groups excluding carboxylic acids is 1. The van der Waals surface area contributed by atoms with Crippen molar-refractivity contribution in [2.45, 2.75) is 18.9 Å². The third-order valence-electron chi connectivity index (χ3n) is 4.83. The van der Waals surface area contributed by atoms with Gasteiger partial charge in [0.2, 0.25) is 5.82 Å². The van der Waals surface area contributed by atoms with Crippen molar-refractivity contribution in [2.24, 2.45) is 0 Å². The fourth-order valence-electron chi connectivity index (χ4n) is 3.25. The van der Waals surface area contributed by atoms with Gasteiger partial charge in [0.15, 0.2) is 11.3 Å². The van der Waals surface area contributed by atoms with Gasteiger partial charge in [-0.15, -0.1) is 5.10 Å². The lowest BCUT2D eigenvalue weighted by atomic mass is 10.1. The zero-order valence-corrected chi connectivity index (χ0v) is 20.0. The first-order valence-corrected chi connectivity index (χ1v) is 10.9. The molecular formula is C20H10Cl3F6N7O. The highest BCUT2D eigenvalue weighted by Crippen LogP contribution is 2.40. The number of alkyl halides is 6. The van der Waals surface area contributed by atoms with Gasteiger partial charge in [-0.25, -0.2) is 19.6 Å². The standard InChI is InChI=1S/C20H10Cl3F6N7O/c21-9-4-8(17(37)32-6-7-1-2-31-11(23)3-7)5-10(22)13(9)36-15(30)12-14(19(24,25)26)33-18(20(27,28)29)34-16(12)35-36/h1-5H,6,30H2,(H,32,37). The van der Waals surface area contributed by atoms with Crippen molar-refractivity contribution < 1.29 is 31.1 Å². The van der Waals surface area contributed by atoms with Gasteiger partial charge in [0.05, 0.1) is 15.4 Å². The molecule has 4 aromatic rings. The first-order valence-electron chi connectivity index (χ1n) is 9.75. The fourth-order valence-corrected chi connectivity index (χ4v) is 4.09. The van der Waals surface area contributed by atoms with Crippen molar-refractivity contribution in [2.75, 3.05) is 5.73 Å². The highest BCUT2D eigenvalue weighted by atomic mass is 35.5. The number of pyridine rings is 1. The Morgan fingerprint density at radius 2 is 1.65 bits per heavy atom. The predicted octanol–water partition coefficient (Wildman–Crippen LogP) is 5.72. The van der Waals surface area contributed by atoms with Crippen molar-refractivity contribution in [3.05, 3.63) is 68.3 Å². The number of benzene rings is 1. The van der Waals surface area contributed by atoms with Gasteiger partial charge < -0.3 is 11.1 Å². The summed E-state index contributed by atoms with van der Waals surface area (Å²) in [6.45, 7) is 0.0655. The van der Waals surface area contributed by atoms with Gasteiger partial charge in [-0.3, -0.25) is 4.79 Å². The van der Waals surface area contributed by atoms with Crippen molar-refractivity contribution in [1.82, 2.24) is 30.0 Å². The molecule has 0 aliphatic carbocycles. The summed E-state index contributed by atoms with van der Waals surface area (Å²) in [5, 5.41) is 4.91. The first kappa shape index (κ1) is 26.7. The Kier molecular flexibility index (Phi) is 6.86. The minimum atomic E-state index is -5.32. The molecule has 0 atom stereocenters. The lowest BCUT2D eigenvalue weighted by Crippen LogP contribution is -2.23. The van der Waals surface area contributed by atoms with Crippen LogP contribution in [0.25, 0.3) is 16.7 Å². The molecule has 1 amide bonds. The highest BCUT2D eigenvalue weighted by molar-refractivity contribution is 6.38. The Labute approximate surface area is 217 Å². The van der Waals surface area contributed by atoms with Crippen LogP contribution in [0.2, 0.25) is 15.2 Å². The molecule has 3 aromatic heterocycles. The number of anilines is 1. The highest BCUT2D eigenvalue weighted by Gasteiger charge is 2.43. The molecule has 37 heavy (non-hydrogen) atoms. The predicted molar refractivity (Wildman–Crippen MR) is 122 cm³/mol. The molecule has 194 valence electrons. The van der Waals surface area contributed by atoms with Gasteiger partial charge in [-0.1, -0.05) is 34.8 Å². The maximum absolute atomic E-state index is 13.5. The molecule has 0 radical (unpaired) electrons. The number of hydrogen-bond acceptors (Lipinski definition) is 6. The van der Waals surface area contributed by atoms with Gasteiger partial charge in [0.1, 0.15) is 16.7 Å². The largest absolute Gasteiger partial charge is 0.451 e. The number of carbonyl (C=O) groups is 1. The van der Waals surface area contributed by atoms with Crippen molar-refractivity contribution in [1.29, 1.82) is 0 Å². The molecule has 3 N–H and O–H groups in total. The Balaban J connectivity index is 1.76. The average Bonchev–Trinajstić information content (AvgIpc) is 3.11. The fraction of sp³-hybridized carbons (Fsp3) is 0.150. The average molecular weight is 585 g/mol. The Hall–Kier alpha value is -3.36. The van der Waals surface area contributed by atoms with Crippen molar-refractivity contribution in [3.63, 3.8) is 0 Å². The molecule has 0 spiro atoms. The molecule has 0 bridgehead atoms. The number of rotatable bonds is 4. The topological polar surface area (TPSA) is 112 Å². The van der Waals surface area contributed by atoms with Crippen LogP contribution in [0.1, 0.15) is 27.4 Å². The van der Waals surface area contributed by atoms with Crippen LogP contribution in [-0.2, 0) is 18.9 Å². The van der Waals surface area contributed by atoms with E-state index >= 15 is 0 Å². The van der Waals surface area contributed by atoms with Crippen LogP contribution in [0.4, 0.5) is 32.2 Å². The molecule has 0 unspecified atom stereocenters. The summed E-state index contributed by atoms with van der Waals surface area (Å²) in [4.78, 5) is 22.1. The molecule has 1 aromatic carbocycles. The third kappa shape index (κ3) is 5.36. The lowest BCUT2D eigenvalue weighted by molar-refractivity contribution is -0.151. The van der Waals surface area contributed by atoms with Crippen LogP contribution in [0.15, 0.2) is 30.5 Å². The Bertz CT molecular complexity index is 1510. The third-order valence-corrected chi connectivity index (χ3v) is 5.61. The normalized spacial score (nSPS) is 12.2. The second kappa shape index (κ2) is 9.50. The number of fused-ring (bicyclic) bond motifs is 1. The van der Waals surface area contributed by atoms with Gasteiger partial charge in [-0.05, 0) is 29.8 Å². The van der Waals surface area contributed by atoms with Gasteiger partial charge in [0.25, 0.3) is 5.91 Å². The number of aromatic nitrogens is 5. The van der Waals surface area contributed by atoms with Gasteiger partial charge >= 0.3 is 12.4 Å². The van der Waals surface area contributed by atoms with E-state index in [1.54, 1.807) is 6.07 Å². The molecule has 8 nitrogen and oxygen atoms in total. The van der Waals surface area contributed by atoms with Crippen LogP contribution in [0, 0.1) is 0 Å². The summed E-state index contributed by atoms with van der Waals surface area (Å²) in [6.07, 6.45) is -9.17. The zero-order valence-electron chi connectivity index (χ0n) is 17.7. The summed E-state index contributed by atoms with van der Waals surface area (Å²) >= 11 is 18.3. The molecule has 3 heterocycles. The number of amides is 1. The van der Waals surface area contributed by atoms with E-state index in [4.69, 9.17) is 40.5 Å². The van der Waals surface area contributed by atoms with Crippen LogP contribution in [-0.4, -0.2) is 30.6 Å². The molecule has 0 fully saturated rings. The van der Waals surface area contributed by atoms with Gasteiger partial charge in [-0.2, -0.15) is 26.3 Å². The van der Waals surface area contributed by atoms with E-state index < -0.39 is 46.6 Å². The molecule has 0 aliphatic heterocycles. The van der Waals surface area contributed by atoms with E-state index in [-0.39, 0.29) is 33.0 Å². The first-order chi connectivity index (χ1) is 17.2. The quantitative estimate of drug-likeness (QED) is 0.234. The second-order valence-electron chi connectivity index (χ2n) is 7.34. The number of halogens is 9. The molecule has 0 aliphatic rings. The van der Waals surface area contributed by atoms with Crippen LogP contribution in [0.3, 0.4) is 0 Å². The van der Waals surface area contributed by atoms with Crippen LogP contribution in [0.5, 0.6) is 0 Å². The number of nitrogens with zero attached hydrogens (tertiary/aromatic N) is 5. The van der Waals surface area contributed by atoms with E-state index in [1.807, 2.05) is 0 Å². The molecule has 0 saturated carbocycles. The molecular weight excluding hydrogens is 575 g/mol. The lowest BCUT2D eigenvalue weighted by Gasteiger charge is -2.12. The Morgan fingerprint density at radius 1 is 1.00 bits per heavy atom. The van der Waals surface area contributed by atoms with Crippen molar-refractivity contribution in [3.8, 4) is 5.69 Å². The zero-order chi connectivity index (χ0) is 27.3. The minimum Gasteiger partial charge on any atom is -0.383 e. The van der Waals surface area contributed by atoms with Crippen LogP contribution >= 0.6 is 34.8 Å². The summed E-state index contributed by atoms with van der Waals surface area (Å²) in [5.74, 6) is -3.45. The van der Waals surface area contributed by atoms with E-state index in [9.17, 15) is 31.1 Å². The Morgan fingerprint density at radius 3 is 2.22 bits per heavy atom. The van der Waals surface area contributed by atoms with E-state index in [1.165, 1.54) is 12.3 Å². The van der Waals surface area contributed by atoms with Crippen molar-refractivity contribution >= 4 is 57.6 Å². The summed E-state index contributed by atoms with van der Waals surface area (Å²) in [7, 11) is 0. The maximum Gasteiger partial charge on any atom is 0.451 e. The summed E-state index contributed by atoms with van der Waals surface area (Å²) in [6, 6.07) is 5.39. The summed E-state index contributed by atoms with van der Waals surface area (Å²) < 4.78 is 80.5. The van der Waals surface area contributed by atoms with E-state index in [0.29, 0.717) is 10.2 Å². The minimum absolute atomic E-state index is 0.0377. The smallest absolute Gasteiger partial charge is 0.383 e. The monoisotopic (exact) mass is 583 g/mol. The second-order valence-corrected chi connectivity index (χ2v) is 8.55. The maximum atomic E-state index is 13.5. The SMILES string of the molecule is Nc1c2c(C(F)(F)F)nc(C(F)(F)F)nc2nn1-c1c(Cl)cc(C(=O)NCc2ccnc(Cl)c2)cc1Cl. The number of nitrogens with two attached hydrogens (primary N) is 1. The molecule has 17 heteroatoms. The summed E-state index contributed by atoms with van der Waals surface area (Å²) in [5.41, 5.74) is 3.19.